The minimum absolute atomic E-state index is 0.0927. The normalized spacial score (nSPS) is 14.3. The summed E-state index contributed by atoms with van der Waals surface area (Å²) in [5.41, 5.74) is 3.02. The number of hydrogen-bond donors (Lipinski definition) is 3. The molecular formula is C20H19Br2N3O3. The molecule has 0 saturated heterocycles. The first-order chi connectivity index (χ1) is 13.3. The number of likely N-dealkylation sites (N-methyl/N-ethyl adjacent to an activating group) is 1. The molecule has 28 heavy (non-hydrogen) atoms. The van der Waals surface area contributed by atoms with Gasteiger partial charge in [0.15, 0.2) is 0 Å². The van der Waals surface area contributed by atoms with Crippen molar-refractivity contribution in [2.24, 2.45) is 0 Å². The van der Waals surface area contributed by atoms with Crippen molar-refractivity contribution in [3.63, 3.8) is 0 Å². The number of phenols is 1. The monoisotopic (exact) mass is 507 g/mol. The molecule has 0 aromatic heterocycles. The van der Waals surface area contributed by atoms with E-state index in [0.29, 0.717) is 37.9 Å². The van der Waals surface area contributed by atoms with Gasteiger partial charge in [-0.15, -0.1) is 0 Å². The highest BCUT2D eigenvalue weighted by atomic mass is 79.9. The van der Waals surface area contributed by atoms with Crippen molar-refractivity contribution in [2.45, 2.75) is 0 Å². The molecule has 1 aliphatic heterocycles. The number of amides is 2. The van der Waals surface area contributed by atoms with E-state index in [1.165, 1.54) is 0 Å². The standard InChI is InChI=1S/C20H19Br2N3O3/c1-25(2)6-5-23-19(27)12-3-4-17-13(10-12)14(20(28)24-17)7-11-8-15(21)18(26)16(22)9-11/h3-4,7-10,26H,5-6H2,1-2H3,(H,23,27)(H,24,28)/b14-7-. The minimum Gasteiger partial charge on any atom is -0.506 e. The number of nitrogens with one attached hydrogen (secondary N) is 2. The maximum Gasteiger partial charge on any atom is 0.256 e. The number of carbonyl (C=O) groups is 2. The van der Waals surface area contributed by atoms with Gasteiger partial charge < -0.3 is 20.6 Å². The maximum atomic E-state index is 12.4. The van der Waals surface area contributed by atoms with E-state index in [2.05, 4.69) is 42.5 Å². The summed E-state index contributed by atoms with van der Waals surface area (Å²) in [6.07, 6.45) is 1.73. The number of carbonyl (C=O) groups excluding carboxylic acids is 2. The van der Waals surface area contributed by atoms with E-state index in [0.717, 1.165) is 12.1 Å². The smallest absolute Gasteiger partial charge is 0.256 e. The number of phenolic OH excluding ortho intramolecular Hbond substituents is 1. The molecule has 1 aliphatic rings. The Morgan fingerprint density at radius 2 is 1.89 bits per heavy atom. The average Bonchev–Trinajstić information content (AvgIpc) is 2.94. The van der Waals surface area contributed by atoms with E-state index >= 15 is 0 Å². The highest BCUT2D eigenvalue weighted by Gasteiger charge is 2.25. The van der Waals surface area contributed by atoms with E-state index in [4.69, 9.17) is 0 Å². The third-order valence-electron chi connectivity index (χ3n) is 4.26. The SMILES string of the molecule is CN(C)CCNC(=O)c1ccc2c(c1)/C(=C/c1cc(Br)c(O)c(Br)c1)C(=O)N2. The lowest BCUT2D eigenvalue weighted by molar-refractivity contribution is -0.110. The first kappa shape index (κ1) is 20.6. The fourth-order valence-corrected chi connectivity index (χ4v) is 4.02. The highest BCUT2D eigenvalue weighted by Crippen LogP contribution is 2.37. The van der Waals surface area contributed by atoms with Crippen molar-refractivity contribution < 1.29 is 14.7 Å². The van der Waals surface area contributed by atoms with Gasteiger partial charge in [0.2, 0.25) is 0 Å². The van der Waals surface area contributed by atoms with Crippen LogP contribution in [0.5, 0.6) is 5.75 Å². The van der Waals surface area contributed by atoms with Crippen molar-refractivity contribution in [1.29, 1.82) is 0 Å². The van der Waals surface area contributed by atoms with Crippen molar-refractivity contribution in [2.75, 3.05) is 32.5 Å². The number of nitrogens with zero attached hydrogens (tertiary/aromatic N) is 1. The number of benzene rings is 2. The summed E-state index contributed by atoms with van der Waals surface area (Å²) in [7, 11) is 3.88. The lowest BCUT2D eigenvalue weighted by atomic mass is 10.0. The second-order valence-corrected chi connectivity index (χ2v) is 8.37. The molecule has 0 aliphatic carbocycles. The second-order valence-electron chi connectivity index (χ2n) is 6.66. The fraction of sp³-hybridized carbons (Fsp3) is 0.200. The zero-order valence-corrected chi connectivity index (χ0v) is 18.5. The van der Waals surface area contributed by atoms with Crippen LogP contribution >= 0.6 is 31.9 Å². The van der Waals surface area contributed by atoms with Crippen molar-refractivity contribution in [1.82, 2.24) is 10.2 Å². The third kappa shape index (κ3) is 4.45. The number of fused-ring (bicyclic) bond motifs is 1. The van der Waals surface area contributed by atoms with Gasteiger partial charge in [-0.3, -0.25) is 9.59 Å². The topological polar surface area (TPSA) is 81.7 Å². The molecule has 0 radical (unpaired) electrons. The summed E-state index contributed by atoms with van der Waals surface area (Å²) >= 11 is 6.58. The Morgan fingerprint density at radius 3 is 2.54 bits per heavy atom. The van der Waals surface area contributed by atoms with Crippen LogP contribution in [0.1, 0.15) is 21.5 Å². The molecule has 3 N–H and O–H groups in total. The number of rotatable bonds is 5. The lowest BCUT2D eigenvalue weighted by Crippen LogP contribution is -2.31. The molecule has 0 fully saturated rings. The minimum atomic E-state index is -0.236. The third-order valence-corrected chi connectivity index (χ3v) is 5.47. The Balaban J connectivity index is 1.91. The molecule has 146 valence electrons. The van der Waals surface area contributed by atoms with Crippen LogP contribution in [-0.4, -0.2) is 49.0 Å². The molecule has 0 unspecified atom stereocenters. The largest absolute Gasteiger partial charge is 0.506 e. The summed E-state index contributed by atoms with van der Waals surface area (Å²) in [5, 5.41) is 15.5. The van der Waals surface area contributed by atoms with Crippen LogP contribution in [0.15, 0.2) is 39.3 Å². The molecule has 0 spiro atoms. The van der Waals surface area contributed by atoms with Crippen molar-refractivity contribution >= 4 is 61.0 Å². The zero-order chi connectivity index (χ0) is 20.4. The summed E-state index contributed by atoms with van der Waals surface area (Å²) in [4.78, 5) is 26.8. The number of hydrogen-bond acceptors (Lipinski definition) is 4. The average molecular weight is 509 g/mol. The molecule has 6 nitrogen and oxygen atoms in total. The fourth-order valence-electron chi connectivity index (χ4n) is 2.80. The van der Waals surface area contributed by atoms with E-state index < -0.39 is 0 Å². The van der Waals surface area contributed by atoms with Gasteiger partial charge in [0.05, 0.1) is 8.95 Å². The summed E-state index contributed by atoms with van der Waals surface area (Å²) in [5.74, 6) is -0.325. The quantitative estimate of drug-likeness (QED) is 0.538. The van der Waals surface area contributed by atoms with Crippen LogP contribution in [0.3, 0.4) is 0 Å². The molecule has 0 saturated carbocycles. The van der Waals surface area contributed by atoms with E-state index in [9.17, 15) is 14.7 Å². The van der Waals surface area contributed by atoms with Crippen LogP contribution < -0.4 is 10.6 Å². The Hall–Kier alpha value is -2.16. The van der Waals surface area contributed by atoms with E-state index in [1.54, 1.807) is 36.4 Å². The van der Waals surface area contributed by atoms with Crippen molar-refractivity contribution in [3.8, 4) is 5.75 Å². The van der Waals surface area contributed by atoms with Gasteiger partial charge in [-0.2, -0.15) is 0 Å². The molecule has 8 heteroatoms. The predicted octanol–water partition coefficient (Wildman–Crippen LogP) is 3.70. The predicted molar refractivity (Wildman–Crippen MR) is 117 cm³/mol. The van der Waals surface area contributed by atoms with Gasteiger partial charge in [-0.05, 0) is 87.9 Å². The van der Waals surface area contributed by atoms with Crippen molar-refractivity contribution in [3.05, 3.63) is 56.0 Å². The molecule has 2 aromatic carbocycles. The zero-order valence-electron chi connectivity index (χ0n) is 15.3. The molecule has 2 aromatic rings. The van der Waals surface area contributed by atoms with E-state index in [1.807, 2.05) is 19.0 Å². The van der Waals surface area contributed by atoms with Gasteiger partial charge in [0.25, 0.3) is 11.8 Å². The number of anilines is 1. The van der Waals surface area contributed by atoms with Gasteiger partial charge in [-0.1, -0.05) is 0 Å². The summed E-state index contributed by atoms with van der Waals surface area (Å²) in [6, 6.07) is 8.58. The van der Waals surface area contributed by atoms with Crippen LogP contribution in [0.2, 0.25) is 0 Å². The van der Waals surface area contributed by atoms with Gasteiger partial charge in [0.1, 0.15) is 5.75 Å². The number of halogens is 2. The molecule has 3 rings (SSSR count). The highest BCUT2D eigenvalue weighted by molar-refractivity contribution is 9.11. The lowest BCUT2D eigenvalue weighted by Gasteiger charge is -2.11. The first-order valence-electron chi connectivity index (χ1n) is 8.54. The van der Waals surface area contributed by atoms with Gasteiger partial charge >= 0.3 is 0 Å². The van der Waals surface area contributed by atoms with Crippen LogP contribution in [0.4, 0.5) is 5.69 Å². The Kier molecular flexibility index (Phi) is 6.22. The summed E-state index contributed by atoms with van der Waals surface area (Å²) < 4.78 is 1.03. The Bertz CT molecular complexity index is 964. The van der Waals surface area contributed by atoms with Crippen LogP contribution in [0.25, 0.3) is 11.6 Å². The summed E-state index contributed by atoms with van der Waals surface area (Å²) in [6.45, 7) is 1.28. The molecular weight excluding hydrogens is 490 g/mol. The second kappa shape index (κ2) is 8.46. The van der Waals surface area contributed by atoms with Gasteiger partial charge in [0, 0.05) is 35.5 Å². The van der Waals surface area contributed by atoms with Gasteiger partial charge in [-0.25, -0.2) is 0 Å². The van der Waals surface area contributed by atoms with Crippen LogP contribution in [-0.2, 0) is 4.79 Å². The molecule has 1 heterocycles. The molecule has 0 atom stereocenters. The van der Waals surface area contributed by atoms with Crippen LogP contribution in [0, 0.1) is 0 Å². The first-order valence-corrected chi connectivity index (χ1v) is 10.1. The van der Waals surface area contributed by atoms with E-state index in [-0.39, 0.29) is 17.6 Å². The number of aromatic hydroxyl groups is 1. The molecule has 2 amide bonds. The Labute approximate surface area is 179 Å². The Morgan fingerprint density at radius 1 is 1.21 bits per heavy atom. The molecule has 0 bridgehead atoms. The maximum absolute atomic E-state index is 12.4.